The molecule has 0 amide bonds. The van der Waals surface area contributed by atoms with E-state index in [1.807, 2.05) is 18.2 Å². The highest BCUT2D eigenvalue weighted by Crippen LogP contribution is 2.42. The van der Waals surface area contributed by atoms with Gasteiger partial charge in [0.25, 0.3) is 0 Å². The lowest BCUT2D eigenvalue weighted by molar-refractivity contribution is -0.136. The largest absolute Gasteiger partial charge is 0.481 e. The van der Waals surface area contributed by atoms with Crippen LogP contribution in [0.25, 0.3) is 0 Å². The molecule has 0 saturated heterocycles. The molecule has 33 heavy (non-hydrogen) atoms. The molecule has 0 spiro atoms. The van der Waals surface area contributed by atoms with Crippen molar-refractivity contribution in [3.05, 3.63) is 89.1 Å². The maximum Gasteiger partial charge on any atom is 0.307 e. The summed E-state index contributed by atoms with van der Waals surface area (Å²) in [5.74, 6) is 0.668. The third-order valence-electron chi connectivity index (χ3n) is 6.55. The number of nitrogens with zero attached hydrogens (tertiary/aromatic N) is 1. The van der Waals surface area contributed by atoms with E-state index in [-0.39, 0.29) is 18.5 Å². The highest BCUT2D eigenvalue weighted by Gasteiger charge is 2.28. The smallest absolute Gasteiger partial charge is 0.307 e. The van der Waals surface area contributed by atoms with Crippen LogP contribution < -0.4 is 16.0 Å². The van der Waals surface area contributed by atoms with Crippen molar-refractivity contribution in [3.63, 3.8) is 0 Å². The molecule has 0 bridgehead atoms. The second kappa shape index (κ2) is 9.63. The summed E-state index contributed by atoms with van der Waals surface area (Å²) in [5.41, 5.74) is 5.63. The van der Waals surface area contributed by atoms with Crippen LogP contribution in [-0.2, 0) is 17.6 Å². The first-order valence-electron chi connectivity index (χ1n) is 11.7. The van der Waals surface area contributed by atoms with Crippen LogP contribution in [0.1, 0.15) is 47.1 Å². The number of carboxylic acids is 1. The molecular weight excluding hydrogens is 412 g/mol. The molecule has 2 aliphatic rings. The number of anilines is 2. The van der Waals surface area contributed by atoms with E-state index in [0.29, 0.717) is 5.92 Å². The lowest BCUT2D eigenvalue weighted by atomic mass is 9.95. The first-order chi connectivity index (χ1) is 16.2. The SMILES string of the molecule is O=C(O)Cc1cc(CCN[C@H](c2ccccc2)[C@H]2CNc3cccnc3N2)ccc1C1CC1. The van der Waals surface area contributed by atoms with Gasteiger partial charge in [0.15, 0.2) is 0 Å². The summed E-state index contributed by atoms with van der Waals surface area (Å²) in [7, 11) is 0. The van der Waals surface area contributed by atoms with Gasteiger partial charge in [-0.1, -0.05) is 48.5 Å². The molecule has 1 aliphatic heterocycles. The summed E-state index contributed by atoms with van der Waals surface area (Å²) in [6, 6.07) is 21.1. The Morgan fingerprint density at radius 1 is 1.12 bits per heavy atom. The molecule has 1 aliphatic carbocycles. The molecule has 1 fully saturated rings. The minimum Gasteiger partial charge on any atom is -0.481 e. The molecule has 3 aromatic rings. The highest BCUT2D eigenvalue weighted by molar-refractivity contribution is 5.71. The number of hydrogen-bond acceptors (Lipinski definition) is 5. The fourth-order valence-electron chi connectivity index (χ4n) is 4.76. The monoisotopic (exact) mass is 442 g/mol. The number of rotatable bonds is 9. The summed E-state index contributed by atoms with van der Waals surface area (Å²) >= 11 is 0. The number of aliphatic carboxylic acids is 1. The average molecular weight is 443 g/mol. The van der Waals surface area contributed by atoms with Gasteiger partial charge in [-0.05, 0) is 66.1 Å². The van der Waals surface area contributed by atoms with Crippen molar-refractivity contribution in [1.29, 1.82) is 0 Å². The normalized spacial score (nSPS) is 18.0. The van der Waals surface area contributed by atoms with Crippen LogP contribution >= 0.6 is 0 Å². The molecule has 4 N–H and O–H groups in total. The Bertz CT molecular complexity index is 1110. The molecule has 6 nitrogen and oxygen atoms in total. The lowest BCUT2D eigenvalue weighted by Crippen LogP contribution is -2.44. The van der Waals surface area contributed by atoms with Gasteiger partial charge in [0.1, 0.15) is 5.82 Å². The second-order valence-electron chi connectivity index (χ2n) is 9.00. The number of pyridine rings is 1. The summed E-state index contributed by atoms with van der Waals surface area (Å²) in [5, 5.41) is 20.2. The van der Waals surface area contributed by atoms with Crippen LogP contribution in [0.5, 0.6) is 0 Å². The van der Waals surface area contributed by atoms with Gasteiger partial charge in [-0.15, -0.1) is 0 Å². The topological polar surface area (TPSA) is 86.3 Å². The van der Waals surface area contributed by atoms with E-state index in [1.54, 1.807) is 6.20 Å². The van der Waals surface area contributed by atoms with Crippen molar-refractivity contribution in [2.24, 2.45) is 0 Å². The van der Waals surface area contributed by atoms with E-state index in [2.05, 4.69) is 63.4 Å². The lowest BCUT2D eigenvalue weighted by Gasteiger charge is -2.34. The molecule has 2 aromatic carbocycles. The molecule has 1 aromatic heterocycles. The predicted octanol–water partition coefficient (Wildman–Crippen LogP) is 4.37. The van der Waals surface area contributed by atoms with Crippen molar-refractivity contribution in [2.45, 2.75) is 43.7 Å². The second-order valence-corrected chi connectivity index (χ2v) is 9.00. The van der Waals surface area contributed by atoms with Gasteiger partial charge in [0, 0.05) is 12.7 Å². The zero-order valence-electron chi connectivity index (χ0n) is 18.6. The Morgan fingerprint density at radius 3 is 2.76 bits per heavy atom. The van der Waals surface area contributed by atoms with Crippen LogP contribution in [0.2, 0.25) is 0 Å². The zero-order chi connectivity index (χ0) is 22.6. The van der Waals surface area contributed by atoms with E-state index in [1.165, 1.54) is 29.5 Å². The molecule has 170 valence electrons. The minimum absolute atomic E-state index is 0.101. The van der Waals surface area contributed by atoms with Gasteiger partial charge >= 0.3 is 5.97 Å². The Morgan fingerprint density at radius 2 is 1.97 bits per heavy atom. The summed E-state index contributed by atoms with van der Waals surface area (Å²) in [6.07, 6.45) is 5.10. The van der Waals surface area contributed by atoms with Crippen molar-refractivity contribution in [3.8, 4) is 0 Å². The standard InChI is InChI=1S/C27H30N4O2/c32-25(33)16-21-15-18(8-11-22(21)19-9-10-19)12-14-28-26(20-5-2-1-3-6-20)24-17-30-23-7-4-13-29-27(23)31-24/h1-8,11,13,15,19,24,26,28,30H,9-10,12,14,16-17H2,(H,29,31)(H,32,33)/t24-,26-/m1/s1. The van der Waals surface area contributed by atoms with Crippen LogP contribution in [0.4, 0.5) is 11.5 Å². The number of hydrogen-bond donors (Lipinski definition) is 4. The molecule has 6 heteroatoms. The van der Waals surface area contributed by atoms with Gasteiger partial charge in [0.05, 0.1) is 24.2 Å². The molecule has 5 rings (SSSR count). The fourth-order valence-corrected chi connectivity index (χ4v) is 4.76. The first kappa shape index (κ1) is 21.5. The Balaban J connectivity index is 1.29. The molecule has 2 heterocycles. The molecule has 0 radical (unpaired) electrons. The van der Waals surface area contributed by atoms with E-state index in [4.69, 9.17) is 0 Å². The van der Waals surface area contributed by atoms with Crippen molar-refractivity contribution >= 4 is 17.5 Å². The van der Waals surface area contributed by atoms with Crippen LogP contribution in [0.15, 0.2) is 66.9 Å². The highest BCUT2D eigenvalue weighted by atomic mass is 16.4. The number of aromatic nitrogens is 1. The molecular formula is C27H30N4O2. The van der Waals surface area contributed by atoms with Gasteiger partial charge in [-0.3, -0.25) is 4.79 Å². The minimum atomic E-state index is -0.763. The predicted molar refractivity (Wildman–Crippen MR) is 131 cm³/mol. The van der Waals surface area contributed by atoms with E-state index >= 15 is 0 Å². The number of carbonyl (C=O) groups is 1. The third kappa shape index (κ3) is 5.17. The van der Waals surface area contributed by atoms with Crippen molar-refractivity contribution < 1.29 is 9.90 Å². The molecule has 1 saturated carbocycles. The summed E-state index contributed by atoms with van der Waals surface area (Å²) < 4.78 is 0. The number of carboxylic acid groups (broad SMARTS) is 1. The quantitative estimate of drug-likeness (QED) is 0.394. The van der Waals surface area contributed by atoms with E-state index in [0.717, 1.165) is 36.6 Å². The Kier molecular flexibility index (Phi) is 6.26. The third-order valence-corrected chi connectivity index (χ3v) is 6.55. The number of fused-ring (bicyclic) bond motifs is 1. The average Bonchev–Trinajstić information content (AvgIpc) is 3.67. The maximum atomic E-state index is 11.4. The van der Waals surface area contributed by atoms with E-state index in [9.17, 15) is 9.90 Å². The fraction of sp³-hybridized carbons (Fsp3) is 0.333. The molecule has 0 unspecified atom stereocenters. The summed E-state index contributed by atoms with van der Waals surface area (Å²) in [6.45, 7) is 1.59. The van der Waals surface area contributed by atoms with Crippen molar-refractivity contribution in [1.82, 2.24) is 10.3 Å². The van der Waals surface area contributed by atoms with Gasteiger partial charge in [-0.25, -0.2) is 4.98 Å². The van der Waals surface area contributed by atoms with Crippen LogP contribution in [0.3, 0.4) is 0 Å². The Labute approximate surface area is 194 Å². The Hall–Kier alpha value is -3.38. The first-order valence-corrected chi connectivity index (χ1v) is 11.7. The van der Waals surface area contributed by atoms with Crippen LogP contribution in [0, 0.1) is 0 Å². The number of benzene rings is 2. The zero-order valence-corrected chi connectivity index (χ0v) is 18.6. The van der Waals surface area contributed by atoms with Gasteiger partial charge < -0.3 is 21.1 Å². The maximum absolute atomic E-state index is 11.4. The van der Waals surface area contributed by atoms with Gasteiger partial charge in [0.2, 0.25) is 0 Å². The van der Waals surface area contributed by atoms with E-state index < -0.39 is 5.97 Å². The molecule has 2 atom stereocenters. The summed E-state index contributed by atoms with van der Waals surface area (Å²) in [4.78, 5) is 15.9. The van der Waals surface area contributed by atoms with Crippen molar-refractivity contribution in [2.75, 3.05) is 23.7 Å². The van der Waals surface area contributed by atoms with Gasteiger partial charge in [-0.2, -0.15) is 0 Å². The van der Waals surface area contributed by atoms with Crippen LogP contribution in [-0.4, -0.2) is 35.2 Å². The number of nitrogens with one attached hydrogen (secondary N) is 3.